The van der Waals surface area contributed by atoms with Gasteiger partial charge >= 0.3 is 6.09 Å². The maximum atomic E-state index is 12.1. The summed E-state index contributed by atoms with van der Waals surface area (Å²) in [4.78, 5) is 18.2. The molecule has 3 N–H and O–H groups in total. The first-order valence-electron chi connectivity index (χ1n) is 10.7. The zero-order valence-corrected chi connectivity index (χ0v) is 16.7. The van der Waals surface area contributed by atoms with Crippen LogP contribution < -0.4 is 5.32 Å². The zero-order valence-electron chi connectivity index (χ0n) is 16.7. The van der Waals surface area contributed by atoms with Gasteiger partial charge in [-0.3, -0.25) is 0 Å². The third kappa shape index (κ3) is 3.05. The third-order valence-electron chi connectivity index (χ3n) is 7.88. The summed E-state index contributed by atoms with van der Waals surface area (Å²) < 4.78 is 0. The third-order valence-corrected chi connectivity index (χ3v) is 7.88. The van der Waals surface area contributed by atoms with Crippen LogP contribution in [0.5, 0.6) is 0 Å². The molecule has 1 amide bonds. The normalized spacial score (nSPS) is 40.1. The van der Waals surface area contributed by atoms with Crippen molar-refractivity contribution >= 4 is 11.9 Å². The summed E-state index contributed by atoms with van der Waals surface area (Å²) in [5.74, 6) is 2.15. The zero-order chi connectivity index (χ0) is 20.3. The number of carbonyl (C=O) groups is 1. The molecular weight excluding hydrogens is 368 g/mol. The lowest BCUT2D eigenvalue weighted by Gasteiger charge is -2.60. The Morgan fingerprint density at radius 3 is 2.66 bits per heavy atom. The van der Waals surface area contributed by atoms with Crippen LogP contribution in [0, 0.1) is 41.9 Å². The Bertz CT molecular complexity index is 865. The fraction of sp³-hybridized carbons (Fsp3) is 0.682. The van der Waals surface area contributed by atoms with Crippen molar-refractivity contribution in [2.45, 2.75) is 63.1 Å². The first-order chi connectivity index (χ1) is 13.9. The van der Waals surface area contributed by atoms with Crippen LogP contribution in [0.1, 0.15) is 49.8 Å². The number of rotatable bonds is 3. The summed E-state index contributed by atoms with van der Waals surface area (Å²) in [6.45, 7) is 2.38. The molecule has 154 valence electrons. The van der Waals surface area contributed by atoms with Gasteiger partial charge in [0.05, 0.1) is 23.2 Å². The Hall–Kier alpha value is -2.33. The summed E-state index contributed by atoms with van der Waals surface area (Å²) in [7, 11) is 0. The van der Waals surface area contributed by atoms with Crippen molar-refractivity contribution in [2.75, 3.05) is 11.9 Å². The van der Waals surface area contributed by atoms with E-state index in [-0.39, 0.29) is 18.0 Å². The molecular formula is C22H28N4O3. The Morgan fingerprint density at radius 1 is 1.31 bits per heavy atom. The Morgan fingerprint density at radius 2 is 2.03 bits per heavy atom. The standard InChI is InChI=1S/C22H28N4O3/c1-12-2-3-14(11-23)20(24-12)25-17-4-5-26(21(27)28)19(17)18-15-6-13-7-16(18)10-22(29,8-13)9-15/h2-3,13,15-19,29H,4-10H2,1H3,(H,24,25)(H,27,28)/t13?,15-,16+,17?,18?,19?,22?. The topological polar surface area (TPSA) is 109 Å². The molecule has 7 heteroatoms. The smallest absolute Gasteiger partial charge is 0.407 e. The van der Waals surface area contributed by atoms with Crippen molar-refractivity contribution in [3.63, 3.8) is 0 Å². The van der Waals surface area contributed by atoms with Crippen molar-refractivity contribution in [3.05, 3.63) is 23.4 Å². The van der Waals surface area contributed by atoms with E-state index in [1.54, 1.807) is 11.0 Å². The second kappa shape index (κ2) is 6.60. The van der Waals surface area contributed by atoms with E-state index in [0.29, 0.717) is 42.1 Å². The van der Waals surface area contributed by atoms with Crippen LogP contribution in [-0.4, -0.2) is 50.4 Å². The Labute approximate surface area is 170 Å². The number of likely N-dealkylation sites (tertiary alicyclic amines) is 1. The number of pyridine rings is 1. The van der Waals surface area contributed by atoms with Gasteiger partial charge in [-0.2, -0.15) is 5.26 Å². The van der Waals surface area contributed by atoms with E-state index in [1.807, 2.05) is 13.0 Å². The quantitative estimate of drug-likeness (QED) is 0.725. The fourth-order valence-corrected chi connectivity index (χ4v) is 7.18. The molecule has 7 nitrogen and oxygen atoms in total. The maximum Gasteiger partial charge on any atom is 0.407 e. The fourth-order valence-electron chi connectivity index (χ4n) is 7.18. The molecule has 1 aliphatic heterocycles. The predicted octanol–water partition coefficient (Wildman–Crippen LogP) is 2.98. The van der Waals surface area contributed by atoms with Gasteiger partial charge in [0, 0.05) is 12.2 Å². The highest BCUT2D eigenvalue weighted by Gasteiger charge is 2.59. The van der Waals surface area contributed by atoms with Crippen LogP contribution >= 0.6 is 0 Å². The van der Waals surface area contributed by atoms with Crippen LogP contribution in [0.2, 0.25) is 0 Å². The second-order valence-electron chi connectivity index (χ2n) is 9.74. The lowest BCUT2D eigenvalue weighted by Crippen LogP contribution is -2.61. The highest BCUT2D eigenvalue weighted by Crippen LogP contribution is 2.60. The molecule has 1 aromatic rings. The molecule has 5 fully saturated rings. The van der Waals surface area contributed by atoms with Crippen LogP contribution in [0.15, 0.2) is 12.1 Å². The largest absolute Gasteiger partial charge is 0.465 e. The van der Waals surface area contributed by atoms with Gasteiger partial charge in [0.1, 0.15) is 11.9 Å². The number of anilines is 1. The molecule has 0 spiro atoms. The highest BCUT2D eigenvalue weighted by molar-refractivity contribution is 5.66. The minimum Gasteiger partial charge on any atom is -0.465 e. The molecule has 5 unspecified atom stereocenters. The number of carboxylic acid groups (broad SMARTS) is 1. The van der Waals surface area contributed by atoms with E-state index in [2.05, 4.69) is 16.4 Å². The van der Waals surface area contributed by atoms with Crippen molar-refractivity contribution in [1.82, 2.24) is 9.88 Å². The molecule has 5 aliphatic rings. The Balaban J connectivity index is 1.47. The number of aliphatic hydroxyl groups is 1. The number of aryl methyl sites for hydroxylation is 1. The molecule has 4 saturated carbocycles. The maximum absolute atomic E-state index is 12.1. The molecule has 1 saturated heterocycles. The van der Waals surface area contributed by atoms with Crippen LogP contribution in [0.4, 0.5) is 10.6 Å². The minimum atomic E-state index is -0.871. The number of amides is 1. The van der Waals surface area contributed by atoms with Gasteiger partial charge in [-0.05, 0) is 81.3 Å². The Kier molecular flexibility index (Phi) is 4.25. The van der Waals surface area contributed by atoms with E-state index in [4.69, 9.17) is 0 Å². The van der Waals surface area contributed by atoms with Crippen molar-refractivity contribution < 1.29 is 15.0 Å². The van der Waals surface area contributed by atoms with Gasteiger partial charge in [0.15, 0.2) is 0 Å². The predicted molar refractivity (Wildman–Crippen MR) is 106 cm³/mol. The average Bonchev–Trinajstić information content (AvgIpc) is 3.04. The van der Waals surface area contributed by atoms with Crippen molar-refractivity contribution in [2.24, 2.45) is 23.7 Å². The minimum absolute atomic E-state index is 0.0651. The molecule has 4 bridgehead atoms. The number of hydrogen-bond acceptors (Lipinski definition) is 5. The number of nitriles is 1. The van der Waals surface area contributed by atoms with E-state index in [0.717, 1.165) is 37.8 Å². The summed E-state index contributed by atoms with van der Waals surface area (Å²) in [6, 6.07) is 5.57. The first-order valence-corrected chi connectivity index (χ1v) is 10.7. The van der Waals surface area contributed by atoms with Gasteiger partial charge in [0.2, 0.25) is 0 Å². The van der Waals surface area contributed by atoms with Crippen LogP contribution in [0.25, 0.3) is 0 Å². The van der Waals surface area contributed by atoms with Crippen molar-refractivity contribution in [1.29, 1.82) is 5.26 Å². The number of aromatic nitrogens is 1. The number of nitrogens with one attached hydrogen (secondary N) is 1. The molecule has 1 aromatic heterocycles. The monoisotopic (exact) mass is 396 g/mol. The lowest BCUT2D eigenvalue weighted by molar-refractivity contribution is -0.162. The van der Waals surface area contributed by atoms with Crippen molar-refractivity contribution in [3.8, 4) is 6.07 Å². The number of hydrogen-bond donors (Lipinski definition) is 3. The molecule has 0 radical (unpaired) electrons. The molecule has 29 heavy (non-hydrogen) atoms. The van der Waals surface area contributed by atoms with E-state index >= 15 is 0 Å². The average molecular weight is 396 g/mol. The lowest BCUT2D eigenvalue weighted by atomic mass is 9.48. The molecule has 7 atom stereocenters. The van der Waals surface area contributed by atoms with Gasteiger partial charge in [-0.25, -0.2) is 9.78 Å². The second-order valence-corrected chi connectivity index (χ2v) is 9.74. The van der Waals surface area contributed by atoms with Gasteiger partial charge in [-0.1, -0.05) is 0 Å². The highest BCUT2D eigenvalue weighted by atomic mass is 16.4. The number of nitrogens with zero attached hydrogens (tertiary/aromatic N) is 3. The van der Waals surface area contributed by atoms with Crippen LogP contribution in [-0.2, 0) is 0 Å². The molecule has 2 heterocycles. The van der Waals surface area contributed by atoms with Gasteiger partial charge in [0.25, 0.3) is 0 Å². The van der Waals surface area contributed by atoms with E-state index < -0.39 is 11.7 Å². The molecule has 4 aliphatic carbocycles. The first kappa shape index (κ1) is 18.7. The van der Waals surface area contributed by atoms with Gasteiger partial charge in [-0.15, -0.1) is 0 Å². The summed E-state index contributed by atoms with van der Waals surface area (Å²) in [6.07, 6.45) is 4.56. The summed E-state index contributed by atoms with van der Waals surface area (Å²) >= 11 is 0. The van der Waals surface area contributed by atoms with E-state index in [9.17, 15) is 20.3 Å². The SMILES string of the molecule is Cc1ccc(C#N)c(NC2CCN(C(=O)O)C2C2[C@@H]3CC4C[C@H]2CC(O)(C4)C3)n1. The van der Waals surface area contributed by atoms with Crippen LogP contribution in [0.3, 0.4) is 0 Å². The summed E-state index contributed by atoms with van der Waals surface area (Å²) in [5.41, 5.74) is 0.782. The summed E-state index contributed by atoms with van der Waals surface area (Å²) in [5, 5.41) is 33.8. The van der Waals surface area contributed by atoms with E-state index in [1.165, 1.54) is 0 Å². The van der Waals surface area contributed by atoms with Gasteiger partial charge < -0.3 is 20.4 Å². The molecule has 0 aromatic carbocycles. The molecule has 6 rings (SSSR count).